The van der Waals surface area contributed by atoms with E-state index in [-0.39, 0.29) is 0 Å². The summed E-state index contributed by atoms with van der Waals surface area (Å²) in [6, 6.07) is 0.529. The summed E-state index contributed by atoms with van der Waals surface area (Å²) in [4.78, 5) is 0. The molecule has 0 fully saturated rings. The number of nitrogens with one attached hydrogen (secondary N) is 1. The third-order valence-electron chi connectivity index (χ3n) is 1.36. The van der Waals surface area contributed by atoms with E-state index in [2.05, 4.69) is 24.3 Å². The Hall–Kier alpha value is -0.700. The summed E-state index contributed by atoms with van der Waals surface area (Å²) in [5.74, 6) is 0. The molecule has 1 aliphatic rings. The first-order valence-corrected chi connectivity index (χ1v) is 3.16. The molecular formula is C6H13N3. The lowest BCUT2D eigenvalue weighted by Gasteiger charge is -2.27. The second kappa shape index (κ2) is 2.27. The summed E-state index contributed by atoms with van der Waals surface area (Å²) in [5, 5.41) is 4.06. The van der Waals surface area contributed by atoms with E-state index in [1.54, 1.807) is 0 Å². The molecular weight excluding hydrogens is 114 g/mol. The van der Waals surface area contributed by atoms with Crippen molar-refractivity contribution < 1.29 is 0 Å². The van der Waals surface area contributed by atoms with Crippen LogP contribution in [-0.4, -0.2) is 23.2 Å². The van der Waals surface area contributed by atoms with Crippen molar-refractivity contribution in [3.05, 3.63) is 12.4 Å². The summed E-state index contributed by atoms with van der Waals surface area (Å²) in [6.07, 6.45) is 3.94. The van der Waals surface area contributed by atoms with Gasteiger partial charge in [0.15, 0.2) is 0 Å². The molecule has 52 valence electrons. The van der Waals surface area contributed by atoms with Crippen molar-refractivity contribution in [2.45, 2.75) is 19.9 Å². The minimum absolute atomic E-state index is 0.529. The van der Waals surface area contributed by atoms with E-state index in [1.165, 1.54) is 0 Å². The highest BCUT2D eigenvalue weighted by atomic mass is 15.8. The van der Waals surface area contributed by atoms with Gasteiger partial charge in [0.2, 0.25) is 0 Å². The molecule has 0 aliphatic carbocycles. The summed E-state index contributed by atoms with van der Waals surface area (Å²) >= 11 is 0. The Morgan fingerprint density at radius 1 is 1.44 bits per heavy atom. The van der Waals surface area contributed by atoms with Crippen LogP contribution in [0.25, 0.3) is 0 Å². The predicted octanol–water partition coefficient (Wildman–Crippen LogP) is 0.533. The Morgan fingerprint density at radius 3 is 2.33 bits per heavy atom. The van der Waals surface area contributed by atoms with Crippen molar-refractivity contribution in [3.8, 4) is 0 Å². The summed E-state index contributed by atoms with van der Waals surface area (Å²) in [7, 11) is 1.99. The van der Waals surface area contributed by atoms with Crippen LogP contribution in [-0.2, 0) is 0 Å². The van der Waals surface area contributed by atoms with E-state index in [0.29, 0.717) is 6.04 Å². The molecule has 0 saturated heterocycles. The predicted molar refractivity (Wildman–Crippen MR) is 37.0 cm³/mol. The number of nitrogens with zero attached hydrogens (tertiary/aromatic N) is 2. The standard InChI is InChI=1S/C6H13N3/c1-6(2)9-5-4-7-8(9)3/h4-7H,1-3H3. The maximum atomic E-state index is 3.03. The number of hydrazine groups is 2. The van der Waals surface area contributed by atoms with Gasteiger partial charge in [-0.2, -0.15) is 0 Å². The Kier molecular flexibility index (Phi) is 1.62. The first-order chi connectivity index (χ1) is 4.22. The molecule has 0 spiro atoms. The van der Waals surface area contributed by atoms with Gasteiger partial charge >= 0.3 is 0 Å². The molecule has 3 heteroatoms. The molecule has 0 bridgehead atoms. The number of rotatable bonds is 1. The summed E-state index contributed by atoms with van der Waals surface area (Å²) in [6.45, 7) is 4.29. The highest BCUT2D eigenvalue weighted by Crippen LogP contribution is 2.04. The Morgan fingerprint density at radius 2 is 2.11 bits per heavy atom. The van der Waals surface area contributed by atoms with Crippen molar-refractivity contribution in [2.75, 3.05) is 7.05 Å². The zero-order valence-corrected chi connectivity index (χ0v) is 6.13. The first kappa shape index (κ1) is 6.42. The smallest absolute Gasteiger partial charge is 0.0412 e. The lowest BCUT2D eigenvalue weighted by molar-refractivity contribution is 0.0109. The lowest BCUT2D eigenvalue weighted by Crippen LogP contribution is -2.41. The molecule has 0 unspecified atom stereocenters. The van der Waals surface area contributed by atoms with E-state index in [9.17, 15) is 0 Å². The van der Waals surface area contributed by atoms with Crippen LogP contribution < -0.4 is 5.43 Å². The third kappa shape index (κ3) is 1.16. The van der Waals surface area contributed by atoms with E-state index in [0.717, 1.165) is 0 Å². The molecule has 1 aliphatic heterocycles. The van der Waals surface area contributed by atoms with E-state index in [4.69, 9.17) is 0 Å². The number of hydrogen-bond acceptors (Lipinski definition) is 3. The van der Waals surface area contributed by atoms with Crippen molar-refractivity contribution in [2.24, 2.45) is 0 Å². The Bertz CT molecular complexity index is 119. The fraction of sp³-hybridized carbons (Fsp3) is 0.667. The van der Waals surface area contributed by atoms with Crippen molar-refractivity contribution in [1.82, 2.24) is 15.6 Å². The van der Waals surface area contributed by atoms with Crippen molar-refractivity contribution in [1.29, 1.82) is 0 Å². The minimum atomic E-state index is 0.529. The largest absolute Gasteiger partial charge is 0.307 e. The van der Waals surface area contributed by atoms with Crippen LogP contribution in [0.3, 0.4) is 0 Å². The fourth-order valence-electron chi connectivity index (χ4n) is 0.903. The van der Waals surface area contributed by atoms with Gasteiger partial charge in [0.05, 0.1) is 0 Å². The highest BCUT2D eigenvalue weighted by Gasteiger charge is 2.12. The second-order valence-electron chi connectivity index (χ2n) is 2.44. The van der Waals surface area contributed by atoms with Gasteiger partial charge in [0.25, 0.3) is 0 Å². The molecule has 3 nitrogen and oxygen atoms in total. The monoisotopic (exact) mass is 127 g/mol. The van der Waals surface area contributed by atoms with Gasteiger partial charge in [-0.25, -0.2) is 0 Å². The van der Waals surface area contributed by atoms with Crippen LogP contribution >= 0.6 is 0 Å². The molecule has 0 aromatic rings. The zero-order chi connectivity index (χ0) is 6.85. The average molecular weight is 127 g/mol. The van der Waals surface area contributed by atoms with E-state index in [1.807, 2.05) is 24.6 Å². The van der Waals surface area contributed by atoms with Crippen molar-refractivity contribution in [3.63, 3.8) is 0 Å². The minimum Gasteiger partial charge on any atom is -0.307 e. The molecule has 0 aromatic carbocycles. The third-order valence-corrected chi connectivity index (χ3v) is 1.36. The molecule has 0 radical (unpaired) electrons. The Labute approximate surface area is 55.9 Å². The molecule has 0 aromatic heterocycles. The maximum absolute atomic E-state index is 3.03. The second-order valence-corrected chi connectivity index (χ2v) is 2.44. The van der Waals surface area contributed by atoms with Crippen LogP contribution in [0.5, 0.6) is 0 Å². The van der Waals surface area contributed by atoms with Gasteiger partial charge < -0.3 is 5.43 Å². The lowest BCUT2D eigenvalue weighted by atomic mass is 10.4. The quantitative estimate of drug-likeness (QED) is 0.554. The fourth-order valence-corrected chi connectivity index (χ4v) is 0.903. The van der Waals surface area contributed by atoms with Crippen LogP contribution in [0.1, 0.15) is 13.8 Å². The van der Waals surface area contributed by atoms with Crippen molar-refractivity contribution >= 4 is 0 Å². The van der Waals surface area contributed by atoms with Gasteiger partial charge in [-0.05, 0) is 13.8 Å². The van der Waals surface area contributed by atoms with Crippen LogP contribution in [0.15, 0.2) is 12.4 Å². The van der Waals surface area contributed by atoms with Crippen LogP contribution in [0.4, 0.5) is 0 Å². The van der Waals surface area contributed by atoms with Gasteiger partial charge in [-0.3, -0.25) is 5.01 Å². The average Bonchev–Trinajstić information content (AvgIpc) is 2.13. The topological polar surface area (TPSA) is 18.5 Å². The zero-order valence-electron chi connectivity index (χ0n) is 6.13. The van der Waals surface area contributed by atoms with Gasteiger partial charge in [0, 0.05) is 25.5 Å². The van der Waals surface area contributed by atoms with E-state index < -0.39 is 0 Å². The van der Waals surface area contributed by atoms with Crippen LogP contribution in [0.2, 0.25) is 0 Å². The normalized spacial score (nSPS) is 19.3. The molecule has 0 amide bonds. The van der Waals surface area contributed by atoms with E-state index >= 15 is 0 Å². The maximum Gasteiger partial charge on any atom is 0.0412 e. The SMILES string of the molecule is CC(C)N1C=CNN1C. The summed E-state index contributed by atoms with van der Waals surface area (Å²) in [5.41, 5.74) is 3.03. The molecule has 0 atom stereocenters. The van der Waals surface area contributed by atoms with Gasteiger partial charge in [-0.15, -0.1) is 5.12 Å². The molecule has 9 heavy (non-hydrogen) atoms. The van der Waals surface area contributed by atoms with Crippen LogP contribution in [0, 0.1) is 0 Å². The Balaban J connectivity index is 2.49. The van der Waals surface area contributed by atoms with Gasteiger partial charge in [-0.1, -0.05) is 0 Å². The molecule has 1 rings (SSSR count). The molecule has 1 heterocycles. The highest BCUT2D eigenvalue weighted by molar-refractivity contribution is 4.84. The van der Waals surface area contributed by atoms with Gasteiger partial charge in [0.1, 0.15) is 0 Å². The molecule has 1 N–H and O–H groups in total. The summed E-state index contributed by atoms with van der Waals surface area (Å²) < 4.78 is 0. The molecule has 0 saturated carbocycles. The first-order valence-electron chi connectivity index (χ1n) is 3.16. The number of hydrogen-bond donors (Lipinski definition) is 1.